The van der Waals surface area contributed by atoms with E-state index in [-0.39, 0.29) is 0 Å². The SMILES string of the molecule is CC(=O)C1CCC2C(C)CCCC12C. The van der Waals surface area contributed by atoms with Gasteiger partial charge in [0.2, 0.25) is 0 Å². The highest BCUT2D eigenvalue weighted by Crippen LogP contribution is 2.57. The predicted molar refractivity (Wildman–Crippen MR) is 58.0 cm³/mol. The van der Waals surface area contributed by atoms with Gasteiger partial charge in [0, 0.05) is 5.92 Å². The average Bonchev–Trinajstić information content (AvgIpc) is 2.43. The number of carbonyl (C=O) groups excluding carboxylic acids is 1. The quantitative estimate of drug-likeness (QED) is 0.625. The van der Waals surface area contributed by atoms with E-state index in [0.29, 0.717) is 17.1 Å². The Morgan fingerprint density at radius 3 is 2.64 bits per heavy atom. The molecule has 0 aromatic carbocycles. The maximum absolute atomic E-state index is 11.6. The topological polar surface area (TPSA) is 17.1 Å². The van der Waals surface area contributed by atoms with Gasteiger partial charge in [0.25, 0.3) is 0 Å². The van der Waals surface area contributed by atoms with Crippen LogP contribution in [-0.4, -0.2) is 5.78 Å². The van der Waals surface area contributed by atoms with Crippen LogP contribution >= 0.6 is 0 Å². The summed E-state index contributed by atoms with van der Waals surface area (Å²) in [6.45, 7) is 6.54. The first-order valence-electron chi connectivity index (χ1n) is 6.06. The second-order valence-electron chi connectivity index (χ2n) is 5.72. The lowest BCUT2D eigenvalue weighted by Crippen LogP contribution is -2.38. The lowest BCUT2D eigenvalue weighted by atomic mass is 9.61. The predicted octanol–water partition coefficient (Wildman–Crippen LogP) is 3.43. The lowest BCUT2D eigenvalue weighted by Gasteiger charge is -2.43. The minimum atomic E-state index is 0.351. The summed E-state index contributed by atoms with van der Waals surface area (Å²) in [4.78, 5) is 11.6. The third kappa shape index (κ3) is 1.32. The standard InChI is InChI=1S/C13H22O/c1-9-5-4-8-13(3)11(9)6-7-12(13)10(2)14/h9,11-12H,4-8H2,1-3H3. The van der Waals surface area contributed by atoms with Crippen LogP contribution < -0.4 is 0 Å². The van der Waals surface area contributed by atoms with Gasteiger partial charge < -0.3 is 0 Å². The maximum atomic E-state index is 11.6. The fourth-order valence-electron chi connectivity index (χ4n) is 4.23. The molecular weight excluding hydrogens is 172 g/mol. The first kappa shape index (κ1) is 10.2. The summed E-state index contributed by atoms with van der Waals surface area (Å²) in [5.74, 6) is 2.47. The van der Waals surface area contributed by atoms with E-state index in [0.717, 1.165) is 18.3 Å². The highest BCUT2D eigenvalue weighted by molar-refractivity contribution is 5.79. The van der Waals surface area contributed by atoms with Crippen LogP contribution in [0.5, 0.6) is 0 Å². The lowest BCUT2D eigenvalue weighted by molar-refractivity contribution is -0.125. The largest absolute Gasteiger partial charge is 0.300 e. The van der Waals surface area contributed by atoms with Crippen LogP contribution in [0.4, 0.5) is 0 Å². The normalized spacial score (nSPS) is 47.5. The molecule has 0 aliphatic heterocycles. The minimum absolute atomic E-state index is 0.351. The van der Waals surface area contributed by atoms with Gasteiger partial charge in [-0.05, 0) is 43.4 Å². The summed E-state index contributed by atoms with van der Waals surface area (Å²) < 4.78 is 0. The van der Waals surface area contributed by atoms with Gasteiger partial charge in [-0.25, -0.2) is 0 Å². The highest BCUT2D eigenvalue weighted by Gasteiger charge is 2.51. The van der Waals surface area contributed by atoms with Crippen molar-refractivity contribution < 1.29 is 4.79 Å². The summed E-state index contributed by atoms with van der Waals surface area (Å²) >= 11 is 0. The van der Waals surface area contributed by atoms with Crippen LogP contribution in [-0.2, 0) is 4.79 Å². The fraction of sp³-hybridized carbons (Fsp3) is 0.923. The second-order valence-corrected chi connectivity index (χ2v) is 5.72. The van der Waals surface area contributed by atoms with Gasteiger partial charge in [-0.2, -0.15) is 0 Å². The van der Waals surface area contributed by atoms with E-state index in [4.69, 9.17) is 0 Å². The van der Waals surface area contributed by atoms with Crippen LogP contribution in [0.2, 0.25) is 0 Å². The van der Waals surface area contributed by atoms with Crippen molar-refractivity contribution >= 4 is 5.78 Å². The third-order valence-electron chi connectivity index (χ3n) is 4.96. The first-order valence-corrected chi connectivity index (χ1v) is 6.06. The number of hydrogen-bond donors (Lipinski definition) is 0. The van der Waals surface area contributed by atoms with Crippen LogP contribution in [0.3, 0.4) is 0 Å². The van der Waals surface area contributed by atoms with Crippen LogP contribution in [0.25, 0.3) is 0 Å². The fourth-order valence-corrected chi connectivity index (χ4v) is 4.23. The van der Waals surface area contributed by atoms with E-state index in [9.17, 15) is 4.79 Å². The Balaban J connectivity index is 2.24. The number of fused-ring (bicyclic) bond motifs is 1. The van der Waals surface area contributed by atoms with E-state index < -0.39 is 0 Å². The average molecular weight is 194 g/mol. The Labute approximate surface area is 87.3 Å². The summed E-state index contributed by atoms with van der Waals surface area (Å²) in [6.07, 6.45) is 6.44. The molecule has 2 aliphatic rings. The van der Waals surface area contributed by atoms with Crippen molar-refractivity contribution in [1.82, 2.24) is 0 Å². The molecule has 2 rings (SSSR count). The van der Waals surface area contributed by atoms with E-state index >= 15 is 0 Å². The minimum Gasteiger partial charge on any atom is -0.300 e. The third-order valence-corrected chi connectivity index (χ3v) is 4.96. The molecule has 0 bridgehead atoms. The smallest absolute Gasteiger partial charge is 0.133 e. The van der Waals surface area contributed by atoms with Gasteiger partial charge >= 0.3 is 0 Å². The molecular formula is C13H22O. The summed E-state index contributed by atoms with van der Waals surface area (Å²) in [5, 5.41) is 0. The second kappa shape index (κ2) is 3.36. The molecule has 0 amide bonds. The molecule has 4 unspecified atom stereocenters. The molecule has 1 nitrogen and oxygen atoms in total. The molecule has 0 N–H and O–H groups in total. The number of Topliss-reactive ketones (excluding diaryl/α,β-unsaturated/α-hetero) is 1. The molecule has 2 fully saturated rings. The van der Waals surface area contributed by atoms with Gasteiger partial charge in [0.15, 0.2) is 0 Å². The first-order chi connectivity index (χ1) is 6.55. The summed E-state index contributed by atoms with van der Waals surface area (Å²) in [7, 11) is 0. The zero-order chi connectivity index (χ0) is 10.3. The molecule has 2 aliphatic carbocycles. The molecule has 0 spiro atoms. The highest BCUT2D eigenvalue weighted by atomic mass is 16.1. The van der Waals surface area contributed by atoms with Crippen molar-refractivity contribution in [2.24, 2.45) is 23.2 Å². The van der Waals surface area contributed by atoms with Crippen molar-refractivity contribution in [3.8, 4) is 0 Å². The van der Waals surface area contributed by atoms with Crippen LogP contribution in [0.1, 0.15) is 52.9 Å². The Hall–Kier alpha value is -0.330. The van der Waals surface area contributed by atoms with Gasteiger partial charge in [-0.15, -0.1) is 0 Å². The van der Waals surface area contributed by atoms with Crippen molar-refractivity contribution in [3.05, 3.63) is 0 Å². The van der Waals surface area contributed by atoms with Crippen molar-refractivity contribution in [2.45, 2.75) is 52.9 Å². The Bertz CT molecular complexity index is 246. The Kier molecular flexibility index (Phi) is 2.45. The number of hydrogen-bond acceptors (Lipinski definition) is 1. The van der Waals surface area contributed by atoms with E-state index in [1.54, 1.807) is 6.92 Å². The summed E-state index contributed by atoms with van der Waals surface area (Å²) in [5.41, 5.74) is 0.351. The zero-order valence-corrected chi connectivity index (χ0v) is 9.68. The van der Waals surface area contributed by atoms with Crippen LogP contribution in [0.15, 0.2) is 0 Å². The van der Waals surface area contributed by atoms with E-state index in [1.807, 2.05) is 0 Å². The molecule has 0 aromatic heterocycles. The molecule has 14 heavy (non-hydrogen) atoms. The monoisotopic (exact) mass is 194 g/mol. The molecule has 0 heterocycles. The molecule has 4 atom stereocenters. The van der Waals surface area contributed by atoms with Crippen molar-refractivity contribution in [3.63, 3.8) is 0 Å². The van der Waals surface area contributed by atoms with Crippen LogP contribution in [0, 0.1) is 23.2 Å². The molecule has 0 aromatic rings. The number of rotatable bonds is 1. The Morgan fingerprint density at radius 1 is 1.29 bits per heavy atom. The van der Waals surface area contributed by atoms with Gasteiger partial charge in [0.1, 0.15) is 5.78 Å². The van der Waals surface area contributed by atoms with Crippen molar-refractivity contribution in [2.75, 3.05) is 0 Å². The number of ketones is 1. The maximum Gasteiger partial charge on any atom is 0.133 e. The molecule has 80 valence electrons. The molecule has 0 radical (unpaired) electrons. The Morgan fingerprint density at radius 2 is 2.00 bits per heavy atom. The molecule has 2 saturated carbocycles. The van der Waals surface area contributed by atoms with Gasteiger partial charge in [-0.3, -0.25) is 4.79 Å². The number of carbonyl (C=O) groups is 1. The van der Waals surface area contributed by atoms with Gasteiger partial charge in [0.05, 0.1) is 0 Å². The van der Waals surface area contributed by atoms with E-state index in [1.165, 1.54) is 25.7 Å². The zero-order valence-electron chi connectivity index (χ0n) is 9.68. The summed E-state index contributed by atoms with van der Waals surface area (Å²) in [6, 6.07) is 0. The molecule has 1 heteroatoms. The van der Waals surface area contributed by atoms with E-state index in [2.05, 4.69) is 13.8 Å². The van der Waals surface area contributed by atoms with Gasteiger partial charge in [-0.1, -0.05) is 26.7 Å². The molecule has 0 saturated heterocycles. The van der Waals surface area contributed by atoms with Crippen molar-refractivity contribution in [1.29, 1.82) is 0 Å².